The van der Waals surface area contributed by atoms with Gasteiger partial charge in [0.2, 0.25) is 12.7 Å². The van der Waals surface area contributed by atoms with Gasteiger partial charge in [-0.25, -0.2) is 13.6 Å². The second kappa shape index (κ2) is 6.15. The molecular formula is C16H11F2NO5. The molecule has 2 aromatic rings. The van der Waals surface area contributed by atoms with Gasteiger partial charge in [-0.05, 0) is 23.8 Å². The predicted octanol–water partition coefficient (Wildman–Crippen LogP) is 2.57. The van der Waals surface area contributed by atoms with Crippen molar-refractivity contribution < 1.29 is 33.0 Å². The van der Waals surface area contributed by atoms with Gasteiger partial charge in [0.25, 0.3) is 0 Å². The minimum absolute atomic E-state index is 0.0928. The van der Waals surface area contributed by atoms with Crippen LogP contribution in [0, 0.1) is 11.6 Å². The summed E-state index contributed by atoms with van der Waals surface area (Å²) in [5.41, 5.74) is -0.660. The summed E-state index contributed by atoms with van der Waals surface area (Å²) in [7, 11) is 0. The molecule has 0 atom stereocenters. The molecule has 0 fully saturated rings. The Labute approximate surface area is 134 Å². The van der Waals surface area contributed by atoms with Gasteiger partial charge in [0.05, 0.1) is 12.1 Å². The van der Waals surface area contributed by atoms with Crippen LogP contribution < -0.4 is 14.8 Å². The van der Waals surface area contributed by atoms with Crippen LogP contribution in [0.1, 0.15) is 15.9 Å². The Hall–Kier alpha value is -3.16. The zero-order valence-corrected chi connectivity index (χ0v) is 12.1. The molecule has 6 nitrogen and oxygen atoms in total. The molecule has 1 aliphatic rings. The predicted molar refractivity (Wildman–Crippen MR) is 78.2 cm³/mol. The van der Waals surface area contributed by atoms with Gasteiger partial charge < -0.3 is 19.9 Å². The lowest BCUT2D eigenvalue weighted by Gasteiger charge is -2.10. The van der Waals surface area contributed by atoms with E-state index in [4.69, 9.17) is 14.6 Å². The van der Waals surface area contributed by atoms with Crippen LogP contribution in [0.4, 0.5) is 14.5 Å². The first kappa shape index (κ1) is 15.7. The SMILES string of the molecule is O=C(Cc1ccc2c(c1)OCO2)Nc1cc(F)cc(F)c1C(=O)O. The summed E-state index contributed by atoms with van der Waals surface area (Å²) in [6.45, 7) is 0.0928. The van der Waals surface area contributed by atoms with Crippen LogP contribution in [0.15, 0.2) is 30.3 Å². The van der Waals surface area contributed by atoms with E-state index < -0.39 is 34.8 Å². The number of carbonyl (C=O) groups excluding carboxylic acids is 1. The number of carboxylic acid groups (broad SMARTS) is 1. The molecule has 1 amide bonds. The maximum absolute atomic E-state index is 13.6. The van der Waals surface area contributed by atoms with Gasteiger partial charge in [0.1, 0.15) is 17.2 Å². The Morgan fingerprint density at radius 2 is 1.88 bits per heavy atom. The van der Waals surface area contributed by atoms with Crippen LogP contribution in [0.25, 0.3) is 0 Å². The van der Waals surface area contributed by atoms with E-state index in [0.717, 1.165) is 6.07 Å². The lowest BCUT2D eigenvalue weighted by Crippen LogP contribution is -2.18. The van der Waals surface area contributed by atoms with Crippen molar-refractivity contribution >= 4 is 17.6 Å². The molecule has 0 spiro atoms. The molecule has 0 aliphatic carbocycles. The number of amides is 1. The highest BCUT2D eigenvalue weighted by Gasteiger charge is 2.20. The van der Waals surface area contributed by atoms with Crippen molar-refractivity contribution in [2.45, 2.75) is 6.42 Å². The van der Waals surface area contributed by atoms with Crippen molar-refractivity contribution in [3.8, 4) is 11.5 Å². The van der Waals surface area contributed by atoms with E-state index in [-0.39, 0.29) is 13.2 Å². The first-order chi connectivity index (χ1) is 11.4. The van der Waals surface area contributed by atoms with Gasteiger partial charge in [0, 0.05) is 6.07 Å². The third-order valence-corrected chi connectivity index (χ3v) is 3.34. The lowest BCUT2D eigenvalue weighted by molar-refractivity contribution is -0.115. The van der Waals surface area contributed by atoms with E-state index in [2.05, 4.69) is 5.32 Å². The van der Waals surface area contributed by atoms with Gasteiger partial charge in [-0.2, -0.15) is 0 Å². The average Bonchev–Trinajstić information content (AvgIpc) is 2.93. The van der Waals surface area contributed by atoms with Crippen LogP contribution in [-0.2, 0) is 11.2 Å². The van der Waals surface area contributed by atoms with Crippen LogP contribution in [-0.4, -0.2) is 23.8 Å². The summed E-state index contributed by atoms with van der Waals surface area (Å²) in [4.78, 5) is 23.1. The number of rotatable bonds is 4. The number of aromatic carboxylic acids is 1. The van der Waals surface area contributed by atoms with Gasteiger partial charge in [-0.1, -0.05) is 6.07 Å². The van der Waals surface area contributed by atoms with E-state index >= 15 is 0 Å². The minimum atomic E-state index is -1.61. The highest BCUT2D eigenvalue weighted by molar-refractivity contribution is 6.01. The molecule has 8 heteroatoms. The summed E-state index contributed by atoms with van der Waals surface area (Å²) >= 11 is 0. The average molecular weight is 335 g/mol. The summed E-state index contributed by atoms with van der Waals surface area (Å²) in [5.74, 6) is -3.44. The third-order valence-electron chi connectivity index (χ3n) is 3.34. The molecule has 0 aromatic heterocycles. The number of benzene rings is 2. The third kappa shape index (κ3) is 3.12. The Kier molecular flexibility index (Phi) is 4.03. The number of hydrogen-bond acceptors (Lipinski definition) is 4. The van der Waals surface area contributed by atoms with Crippen LogP contribution in [0.5, 0.6) is 11.5 Å². The fraction of sp³-hybridized carbons (Fsp3) is 0.125. The molecule has 24 heavy (non-hydrogen) atoms. The Morgan fingerprint density at radius 1 is 1.12 bits per heavy atom. The van der Waals surface area contributed by atoms with E-state index in [0.29, 0.717) is 23.1 Å². The molecule has 2 N–H and O–H groups in total. The lowest BCUT2D eigenvalue weighted by atomic mass is 10.1. The topological polar surface area (TPSA) is 84.9 Å². The molecule has 2 aromatic carbocycles. The minimum Gasteiger partial charge on any atom is -0.478 e. The zero-order valence-electron chi connectivity index (χ0n) is 12.1. The number of anilines is 1. The molecule has 1 aliphatic heterocycles. The first-order valence-corrected chi connectivity index (χ1v) is 6.85. The van der Waals surface area contributed by atoms with Crippen molar-refractivity contribution in [1.29, 1.82) is 0 Å². The quantitative estimate of drug-likeness (QED) is 0.897. The number of carboxylic acids is 1. The Bertz CT molecular complexity index is 837. The fourth-order valence-electron chi connectivity index (χ4n) is 2.32. The molecular weight excluding hydrogens is 324 g/mol. The van der Waals surface area contributed by atoms with Gasteiger partial charge >= 0.3 is 5.97 Å². The molecule has 0 saturated carbocycles. The number of halogens is 2. The summed E-state index contributed by atoms with van der Waals surface area (Å²) in [5, 5.41) is 11.2. The molecule has 0 radical (unpaired) electrons. The van der Waals surface area contributed by atoms with Gasteiger partial charge in [-0.15, -0.1) is 0 Å². The summed E-state index contributed by atoms with van der Waals surface area (Å²) in [6, 6.07) is 6.07. The largest absolute Gasteiger partial charge is 0.478 e. The number of fused-ring (bicyclic) bond motifs is 1. The van der Waals surface area contributed by atoms with Crippen LogP contribution >= 0.6 is 0 Å². The second-order valence-electron chi connectivity index (χ2n) is 5.03. The monoisotopic (exact) mass is 335 g/mol. The van der Waals surface area contributed by atoms with E-state index in [1.54, 1.807) is 18.2 Å². The Morgan fingerprint density at radius 3 is 2.62 bits per heavy atom. The van der Waals surface area contributed by atoms with Crippen molar-refractivity contribution in [3.63, 3.8) is 0 Å². The molecule has 1 heterocycles. The summed E-state index contributed by atoms with van der Waals surface area (Å²) in [6.07, 6.45) is -0.131. The summed E-state index contributed by atoms with van der Waals surface area (Å²) < 4.78 is 37.2. The van der Waals surface area contributed by atoms with Crippen molar-refractivity contribution in [2.24, 2.45) is 0 Å². The van der Waals surface area contributed by atoms with Crippen LogP contribution in [0.3, 0.4) is 0 Å². The zero-order chi connectivity index (χ0) is 17.3. The van der Waals surface area contributed by atoms with Gasteiger partial charge in [-0.3, -0.25) is 4.79 Å². The van der Waals surface area contributed by atoms with Crippen molar-refractivity contribution in [1.82, 2.24) is 0 Å². The van der Waals surface area contributed by atoms with E-state index in [9.17, 15) is 18.4 Å². The highest BCUT2D eigenvalue weighted by atomic mass is 19.1. The molecule has 124 valence electrons. The molecule has 0 saturated heterocycles. The maximum Gasteiger partial charge on any atom is 0.340 e. The standard InChI is InChI=1S/C16H11F2NO5/c17-9-5-10(18)15(16(21)22)11(6-9)19-14(20)4-8-1-2-12-13(3-8)24-7-23-12/h1-3,5-6H,4,7H2,(H,19,20)(H,21,22). The van der Waals surface area contributed by atoms with E-state index in [1.807, 2.05) is 0 Å². The number of hydrogen-bond donors (Lipinski definition) is 2. The molecule has 0 bridgehead atoms. The van der Waals surface area contributed by atoms with Crippen molar-refractivity contribution in [3.05, 3.63) is 53.1 Å². The number of carbonyl (C=O) groups is 2. The molecule has 3 rings (SSSR count). The second-order valence-corrected chi connectivity index (χ2v) is 5.03. The fourth-order valence-corrected chi connectivity index (χ4v) is 2.32. The Balaban J connectivity index is 1.79. The molecule has 0 unspecified atom stereocenters. The van der Waals surface area contributed by atoms with Gasteiger partial charge in [0.15, 0.2) is 11.5 Å². The first-order valence-electron chi connectivity index (χ1n) is 6.85. The van der Waals surface area contributed by atoms with Crippen molar-refractivity contribution in [2.75, 3.05) is 12.1 Å². The maximum atomic E-state index is 13.6. The normalized spacial score (nSPS) is 12.1. The number of nitrogens with one attached hydrogen (secondary N) is 1. The highest BCUT2D eigenvalue weighted by Crippen LogP contribution is 2.32. The van der Waals surface area contributed by atoms with E-state index in [1.165, 1.54) is 0 Å². The van der Waals surface area contributed by atoms with Crippen LogP contribution in [0.2, 0.25) is 0 Å². The number of ether oxygens (including phenoxy) is 2. The smallest absolute Gasteiger partial charge is 0.340 e.